The Hall–Kier alpha value is -1.61. The minimum absolute atomic E-state index is 0.0197. The van der Waals surface area contributed by atoms with Crippen molar-refractivity contribution in [2.45, 2.75) is 32.4 Å². The first-order valence-electron chi connectivity index (χ1n) is 7.33. The minimum Gasteiger partial charge on any atom is -0.458 e. The van der Waals surface area contributed by atoms with E-state index in [2.05, 4.69) is 20.4 Å². The highest BCUT2D eigenvalue weighted by molar-refractivity contribution is 5.89. The van der Waals surface area contributed by atoms with Gasteiger partial charge in [0, 0.05) is 12.3 Å². The first-order valence-corrected chi connectivity index (χ1v) is 7.33. The number of hydrogen-bond acceptors (Lipinski definition) is 2. The molecular formula is C17H24NO2+. The third-order valence-electron chi connectivity index (χ3n) is 4.18. The van der Waals surface area contributed by atoms with Crippen LogP contribution in [0.1, 0.15) is 30.6 Å². The molecule has 1 aliphatic rings. The molecule has 0 aromatic heterocycles. The maximum Gasteiger partial charge on any atom is 0.338 e. The van der Waals surface area contributed by atoms with Crippen LogP contribution in [0, 0.1) is 5.92 Å². The summed E-state index contributed by atoms with van der Waals surface area (Å²) in [6.45, 7) is 10.2. The predicted molar refractivity (Wildman–Crippen MR) is 79.8 cm³/mol. The molecule has 0 saturated carbocycles. The van der Waals surface area contributed by atoms with Gasteiger partial charge in [-0.1, -0.05) is 31.7 Å². The molecule has 2 rings (SSSR count). The fraction of sp³-hybridized carbons (Fsp3) is 0.471. The van der Waals surface area contributed by atoms with E-state index in [1.165, 1.54) is 4.90 Å². The van der Waals surface area contributed by atoms with Crippen LogP contribution in [0.4, 0.5) is 0 Å². The van der Waals surface area contributed by atoms with E-state index in [0.717, 1.165) is 19.5 Å². The number of carbonyl (C=O) groups excluding carboxylic acids is 1. The average molecular weight is 274 g/mol. The van der Waals surface area contributed by atoms with Crippen molar-refractivity contribution in [1.29, 1.82) is 0 Å². The summed E-state index contributed by atoms with van der Waals surface area (Å²) in [5.41, 5.74) is 0.633. The molecule has 1 aromatic rings. The predicted octanol–water partition coefficient (Wildman–Crippen LogP) is 1.71. The fourth-order valence-electron chi connectivity index (χ4n) is 2.91. The molecule has 0 amide bonds. The van der Waals surface area contributed by atoms with Crippen LogP contribution in [0.15, 0.2) is 43.0 Å². The lowest BCUT2D eigenvalue weighted by Gasteiger charge is -2.37. The highest BCUT2D eigenvalue weighted by Crippen LogP contribution is 2.17. The average Bonchev–Trinajstić information content (AvgIpc) is 2.45. The summed E-state index contributed by atoms with van der Waals surface area (Å²) in [5.74, 6) is 0.177. The second-order valence-corrected chi connectivity index (χ2v) is 5.78. The maximum absolute atomic E-state index is 12.1. The molecule has 3 nitrogen and oxygen atoms in total. The normalized spacial score (nSPS) is 29.7. The zero-order chi connectivity index (χ0) is 14.5. The lowest BCUT2D eigenvalue weighted by molar-refractivity contribution is -0.927. The van der Waals surface area contributed by atoms with Crippen molar-refractivity contribution in [2.75, 3.05) is 13.1 Å². The second-order valence-electron chi connectivity index (χ2n) is 5.78. The first kappa shape index (κ1) is 14.8. The molecule has 1 aromatic carbocycles. The van der Waals surface area contributed by atoms with Crippen LogP contribution >= 0.6 is 0 Å². The summed E-state index contributed by atoms with van der Waals surface area (Å²) in [4.78, 5) is 13.7. The Balaban J connectivity index is 1.97. The van der Waals surface area contributed by atoms with E-state index in [1.807, 2.05) is 24.3 Å². The number of benzene rings is 1. The molecule has 0 radical (unpaired) electrons. The summed E-state index contributed by atoms with van der Waals surface area (Å²) < 4.78 is 5.71. The summed E-state index contributed by atoms with van der Waals surface area (Å²) in [6.07, 6.45) is 2.91. The molecular weight excluding hydrogens is 250 g/mol. The highest BCUT2D eigenvalue weighted by atomic mass is 16.5. The number of ether oxygens (including phenoxy) is 1. The van der Waals surface area contributed by atoms with Crippen LogP contribution in [-0.4, -0.2) is 31.2 Å². The quantitative estimate of drug-likeness (QED) is 0.669. The number of nitrogens with one attached hydrogen (secondary N) is 1. The third-order valence-corrected chi connectivity index (χ3v) is 4.18. The van der Waals surface area contributed by atoms with E-state index in [9.17, 15) is 4.79 Å². The standard InChI is InChI=1S/C17H23NO2/c1-4-10-18-12-13(2)16(11-14(18)3)20-17(19)15-8-6-5-7-9-15/h4-9,13-14,16H,1,10-12H2,2-3H3/p+1/t13-,14+,16+/m1/s1. The molecule has 1 aliphatic heterocycles. The maximum atomic E-state index is 12.1. The van der Waals surface area contributed by atoms with Gasteiger partial charge in [-0.3, -0.25) is 0 Å². The van der Waals surface area contributed by atoms with Crippen molar-refractivity contribution < 1.29 is 14.4 Å². The third kappa shape index (κ3) is 3.48. The number of esters is 1. The van der Waals surface area contributed by atoms with E-state index >= 15 is 0 Å². The van der Waals surface area contributed by atoms with Gasteiger partial charge in [-0.25, -0.2) is 4.79 Å². The first-order chi connectivity index (χ1) is 9.61. The van der Waals surface area contributed by atoms with Crippen molar-refractivity contribution in [3.63, 3.8) is 0 Å². The zero-order valence-electron chi connectivity index (χ0n) is 12.3. The largest absolute Gasteiger partial charge is 0.458 e. The smallest absolute Gasteiger partial charge is 0.338 e. The lowest BCUT2D eigenvalue weighted by Crippen LogP contribution is -3.17. The lowest BCUT2D eigenvalue weighted by atomic mass is 9.91. The fourth-order valence-corrected chi connectivity index (χ4v) is 2.91. The minimum atomic E-state index is -0.207. The van der Waals surface area contributed by atoms with Crippen molar-refractivity contribution in [3.05, 3.63) is 48.6 Å². The van der Waals surface area contributed by atoms with Gasteiger partial charge in [0.1, 0.15) is 6.10 Å². The Bertz CT molecular complexity index is 457. The van der Waals surface area contributed by atoms with Crippen molar-refractivity contribution >= 4 is 5.97 Å². The number of likely N-dealkylation sites (tertiary alicyclic amines) is 1. The van der Waals surface area contributed by atoms with E-state index in [0.29, 0.717) is 17.5 Å². The van der Waals surface area contributed by atoms with E-state index in [4.69, 9.17) is 4.74 Å². The molecule has 1 saturated heterocycles. The van der Waals surface area contributed by atoms with Gasteiger partial charge in [0.25, 0.3) is 0 Å². The van der Waals surface area contributed by atoms with E-state index in [-0.39, 0.29) is 12.1 Å². The molecule has 0 aliphatic carbocycles. The highest BCUT2D eigenvalue weighted by Gasteiger charge is 2.35. The molecule has 1 unspecified atom stereocenters. The number of piperidine rings is 1. The number of carbonyl (C=O) groups is 1. The van der Waals surface area contributed by atoms with Gasteiger partial charge in [-0.2, -0.15) is 0 Å². The van der Waals surface area contributed by atoms with Crippen molar-refractivity contribution in [1.82, 2.24) is 0 Å². The molecule has 1 heterocycles. The summed E-state index contributed by atoms with van der Waals surface area (Å²) in [7, 11) is 0. The van der Waals surface area contributed by atoms with Crippen LogP contribution < -0.4 is 4.90 Å². The topological polar surface area (TPSA) is 30.7 Å². The van der Waals surface area contributed by atoms with Crippen LogP contribution in [0.25, 0.3) is 0 Å². The van der Waals surface area contributed by atoms with E-state index in [1.54, 1.807) is 12.1 Å². The number of quaternary nitrogens is 1. The van der Waals surface area contributed by atoms with Gasteiger partial charge in [0.15, 0.2) is 0 Å². The summed E-state index contributed by atoms with van der Waals surface area (Å²) in [6, 6.07) is 9.72. The molecule has 108 valence electrons. The Labute approximate surface area is 121 Å². The van der Waals surface area contributed by atoms with Gasteiger partial charge >= 0.3 is 5.97 Å². The Kier molecular flexibility index (Phi) is 4.96. The van der Waals surface area contributed by atoms with Gasteiger partial charge < -0.3 is 9.64 Å². The SMILES string of the molecule is C=CC[NH+]1C[C@@H](C)[C@@H](OC(=O)c2ccccc2)C[C@@H]1C. The van der Waals surface area contributed by atoms with Crippen LogP contribution in [0.2, 0.25) is 0 Å². The monoisotopic (exact) mass is 274 g/mol. The second kappa shape index (κ2) is 6.71. The zero-order valence-corrected chi connectivity index (χ0v) is 12.3. The number of hydrogen-bond donors (Lipinski definition) is 1. The van der Waals surface area contributed by atoms with Crippen LogP contribution in [-0.2, 0) is 4.74 Å². The molecule has 3 heteroatoms. The molecule has 20 heavy (non-hydrogen) atoms. The Morgan fingerprint density at radius 3 is 2.75 bits per heavy atom. The molecule has 1 N–H and O–H groups in total. The Morgan fingerprint density at radius 2 is 2.10 bits per heavy atom. The van der Waals surface area contributed by atoms with Crippen molar-refractivity contribution in [2.24, 2.45) is 5.92 Å². The van der Waals surface area contributed by atoms with Gasteiger partial charge in [0.2, 0.25) is 0 Å². The van der Waals surface area contributed by atoms with Crippen LogP contribution in [0.5, 0.6) is 0 Å². The molecule has 0 spiro atoms. The van der Waals surface area contributed by atoms with Gasteiger partial charge in [0.05, 0.1) is 24.7 Å². The summed E-state index contributed by atoms with van der Waals surface area (Å²) >= 11 is 0. The number of rotatable bonds is 4. The van der Waals surface area contributed by atoms with Crippen molar-refractivity contribution in [3.8, 4) is 0 Å². The molecule has 0 bridgehead atoms. The van der Waals surface area contributed by atoms with E-state index < -0.39 is 0 Å². The van der Waals surface area contributed by atoms with Gasteiger partial charge in [-0.15, -0.1) is 0 Å². The molecule has 1 fully saturated rings. The van der Waals surface area contributed by atoms with Crippen LogP contribution in [0.3, 0.4) is 0 Å². The Morgan fingerprint density at radius 1 is 1.40 bits per heavy atom. The molecule has 4 atom stereocenters. The summed E-state index contributed by atoms with van der Waals surface area (Å²) in [5, 5.41) is 0. The van der Waals surface area contributed by atoms with Gasteiger partial charge in [-0.05, 0) is 25.1 Å².